The van der Waals surface area contributed by atoms with Crippen molar-refractivity contribution in [3.8, 4) is 11.5 Å². The Hall–Kier alpha value is -2.27. The topological polar surface area (TPSA) is 48.3 Å². The predicted octanol–water partition coefficient (Wildman–Crippen LogP) is 1.96. The molecule has 1 aliphatic rings. The SMILES string of the molecule is COc1ccc2c(c1)OCC(CNCCn1cccn1)=C2. The highest BCUT2D eigenvalue weighted by atomic mass is 16.5. The lowest BCUT2D eigenvalue weighted by atomic mass is 10.1. The second kappa shape index (κ2) is 6.45. The van der Waals surface area contributed by atoms with E-state index in [4.69, 9.17) is 9.47 Å². The lowest BCUT2D eigenvalue weighted by molar-refractivity contribution is 0.338. The quantitative estimate of drug-likeness (QED) is 0.824. The molecule has 0 saturated carbocycles. The highest BCUT2D eigenvalue weighted by Gasteiger charge is 2.11. The fourth-order valence-corrected chi connectivity index (χ4v) is 2.30. The lowest BCUT2D eigenvalue weighted by Crippen LogP contribution is -2.25. The van der Waals surface area contributed by atoms with Crippen LogP contribution in [0.15, 0.2) is 42.2 Å². The molecule has 5 nitrogen and oxygen atoms in total. The van der Waals surface area contributed by atoms with E-state index in [2.05, 4.69) is 16.5 Å². The number of nitrogens with one attached hydrogen (secondary N) is 1. The Kier molecular flexibility index (Phi) is 4.21. The predicted molar refractivity (Wildman–Crippen MR) is 81.6 cm³/mol. The molecule has 0 spiro atoms. The van der Waals surface area contributed by atoms with Gasteiger partial charge in [-0.25, -0.2) is 0 Å². The monoisotopic (exact) mass is 285 g/mol. The molecule has 5 heteroatoms. The third-order valence-electron chi connectivity index (χ3n) is 3.42. The molecular formula is C16H19N3O2. The van der Waals surface area contributed by atoms with Crippen LogP contribution in [0.25, 0.3) is 6.08 Å². The minimum absolute atomic E-state index is 0.620. The van der Waals surface area contributed by atoms with Crippen LogP contribution in [0, 0.1) is 0 Å². The Morgan fingerprint density at radius 1 is 1.43 bits per heavy atom. The molecule has 0 saturated heterocycles. The van der Waals surface area contributed by atoms with Crippen LogP contribution in [0.2, 0.25) is 0 Å². The van der Waals surface area contributed by atoms with Gasteiger partial charge in [-0.2, -0.15) is 5.10 Å². The van der Waals surface area contributed by atoms with Gasteiger partial charge in [-0.3, -0.25) is 4.68 Å². The number of hydrogen-bond donors (Lipinski definition) is 1. The van der Waals surface area contributed by atoms with E-state index in [1.54, 1.807) is 13.3 Å². The van der Waals surface area contributed by atoms with Gasteiger partial charge < -0.3 is 14.8 Å². The third kappa shape index (κ3) is 3.44. The number of fused-ring (bicyclic) bond motifs is 1. The molecule has 0 fully saturated rings. The minimum Gasteiger partial charge on any atom is -0.497 e. The van der Waals surface area contributed by atoms with Crippen LogP contribution in [0.5, 0.6) is 11.5 Å². The van der Waals surface area contributed by atoms with Gasteiger partial charge in [0.25, 0.3) is 0 Å². The van der Waals surface area contributed by atoms with E-state index < -0.39 is 0 Å². The third-order valence-corrected chi connectivity index (χ3v) is 3.42. The summed E-state index contributed by atoms with van der Waals surface area (Å²) in [7, 11) is 1.66. The van der Waals surface area contributed by atoms with Crippen molar-refractivity contribution in [1.29, 1.82) is 0 Å². The van der Waals surface area contributed by atoms with Crippen LogP contribution in [0.3, 0.4) is 0 Å². The number of nitrogens with zero attached hydrogens (tertiary/aromatic N) is 2. The first-order valence-electron chi connectivity index (χ1n) is 7.03. The first kappa shape index (κ1) is 13.7. The highest BCUT2D eigenvalue weighted by molar-refractivity contribution is 5.63. The molecule has 0 bridgehead atoms. The summed E-state index contributed by atoms with van der Waals surface area (Å²) in [6, 6.07) is 7.83. The van der Waals surface area contributed by atoms with Crippen LogP contribution in [-0.4, -0.2) is 36.6 Å². The van der Waals surface area contributed by atoms with Crippen LogP contribution in [0.1, 0.15) is 5.56 Å². The molecule has 0 unspecified atom stereocenters. The number of benzene rings is 1. The standard InChI is InChI=1S/C16H19N3O2/c1-20-15-4-3-14-9-13(12-21-16(14)10-15)11-17-6-8-19-7-2-5-18-19/h2-5,7,9-10,17H,6,8,11-12H2,1H3. The van der Waals surface area contributed by atoms with Crippen molar-refractivity contribution >= 4 is 6.08 Å². The van der Waals surface area contributed by atoms with Crippen molar-refractivity contribution in [3.63, 3.8) is 0 Å². The van der Waals surface area contributed by atoms with Crippen molar-refractivity contribution < 1.29 is 9.47 Å². The first-order valence-corrected chi connectivity index (χ1v) is 7.03. The number of aromatic nitrogens is 2. The summed E-state index contributed by atoms with van der Waals surface area (Å²) in [4.78, 5) is 0. The normalized spacial score (nSPS) is 13.3. The molecular weight excluding hydrogens is 266 g/mol. The molecule has 1 aromatic heterocycles. The van der Waals surface area contributed by atoms with Gasteiger partial charge in [0.2, 0.25) is 0 Å². The molecule has 110 valence electrons. The Labute approximate surface area is 124 Å². The van der Waals surface area contributed by atoms with Crippen molar-refractivity contribution in [2.75, 3.05) is 26.8 Å². The van der Waals surface area contributed by atoms with Gasteiger partial charge in [0.05, 0.1) is 13.7 Å². The summed E-state index contributed by atoms with van der Waals surface area (Å²) in [5.41, 5.74) is 2.35. The van der Waals surface area contributed by atoms with Crippen LogP contribution >= 0.6 is 0 Å². The fourth-order valence-electron chi connectivity index (χ4n) is 2.30. The van der Waals surface area contributed by atoms with E-state index in [0.717, 1.165) is 36.7 Å². The van der Waals surface area contributed by atoms with Gasteiger partial charge in [0.15, 0.2) is 0 Å². The Bertz CT molecular complexity index is 620. The van der Waals surface area contributed by atoms with Crippen LogP contribution in [-0.2, 0) is 6.54 Å². The maximum absolute atomic E-state index is 5.78. The van der Waals surface area contributed by atoms with E-state index in [9.17, 15) is 0 Å². The summed E-state index contributed by atoms with van der Waals surface area (Å²) in [6.45, 7) is 3.20. The Morgan fingerprint density at radius 2 is 2.38 bits per heavy atom. The van der Waals surface area contributed by atoms with E-state index in [1.807, 2.05) is 35.1 Å². The number of rotatable bonds is 6. The zero-order chi connectivity index (χ0) is 14.5. The number of hydrogen-bond acceptors (Lipinski definition) is 4. The summed E-state index contributed by atoms with van der Waals surface area (Å²) in [6.07, 6.45) is 5.94. The van der Waals surface area contributed by atoms with Gasteiger partial charge in [0, 0.05) is 37.1 Å². The van der Waals surface area contributed by atoms with E-state index in [-0.39, 0.29) is 0 Å². The van der Waals surface area contributed by atoms with Gasteiger partial charge >= 0.3 is 0 Å². The van der Waals surface area contributed by atoms with Gasteiger partial charge in [-0.15, -0.1) is 0 Å². The van der Waals surface area contributed by atoms with E-state index >= 15 is 0 Å². The zero-order valence-electron chi connectivity index (χ0n) is 12.1. The van der Waals surface area contributed by atoms with Crippen molar-refractivity contribution in [1.82, 2.24) is 15.1 Å². The van der Waals surface area contributed by atoms with Crippen molar-refractivity contribution in [2.45, 2.75) is 6.54 Å². The highest BCUT2D eigenvalue weighted by Crippen LogP contribution is 2.29. The molecule has 0 amide bonds. The number of ether oxygens (including phenoxy) is 2. The van der Waals surface area contributed by atoms with Crippen LogP contribution in [0.4, 0.5) is 0 Å². The average Bonchev–Trinajstić information content (AvgIpc) is 3.04. The first-order chi connectivity index (χ1) is 10.3. The van der Waals surface area contributed by atoms with Gasteiger partial charge in [0.1, 0.15) is 18.1 Å². The zero-order valence-corrected chi connectivity index (χ0v) is 12.1. The maximum atomic E-state index is 5.78. The second-order valence-corrected chi connectivity index (χ2v) is 4.94. The van der Waals surface area contributed by atoms with E-state index in [1.165, 1.54) is 5.57 Å². The van der Waals surface area contributed by atoms with E-state index in [0.29, 0.717) is 6.61 Å². The Morgan fingerprint density at radius 3 is 3.19 bits per heavy atom. The number of methoxy groups -OCH3 is 1. The molecule has 0 radical (unpaired) electrons. The molecule has 3 rings (SSSR count). The summed E-state index contributed by atoms with van der Waals surface area (Å²) >= 11 is 0. The van der Waals surface area contributed by atoms with Gasteiger partial charge in [-0.1, -0.05) is 0 Å². The molecule has 1 aliphatic heterocycles. The largest absolute Gasteiger partial charge is 0.497 e. The van der Waals surface area contributed by atoms with Crippen molar-refractivity contribution in [2.24, 2.45) is 0 Å². The fraction of sp³-hybridized carbons (Fsp3) is 0.312. The molecule has 1 aromatic carbocycles. The lowest BCUT2D eigenvalue weighted by Gasteiger charge is -2.19. The molecule has 2 aromatic rings. The molecule has 0 aliphatic carbocycles. The summed E-state index contributed by atoms with van der Waals surface area (Å²) in [5.74, 6) is 1.71. The Balaban J connectivity index is 1.53. The smallest absolute Gasteiger partial charge is 0.130 e. The molecule has 1 N–H and O–H groups in total. The molecule has 21 heavy (non-hydrogen) atoms. The molecule has 0 atom stereocenters. The second-order valence-electron chi connectivity index (χ2n) is 4.94. The summed E-state index contributed by atoms with van der Waals surface area (Å²) < 4.78 is 12.9. The average molecular weight is 285 g/mol. The molecule has 2 heterocycles. The van der Waals surface area contributed by atoms with Gasteiger partial charge in [-0.05, 0) is 29.8 Å². The van der Waals surface area contributed by atoms with Crippen molar-refractivity contribution in [3.05, 3.63) is 47.8 Å². The van der Waals surface area contributed by atoms with Crippen LogP contribution < -0.4 is 14.8 Å². The minimum atomic E-state index is 0.620. The maximum Gasteiger partial charge on any atom is 0.130 e. The summed E-state index contributed by atoms with van der Waals surface area (Å²) in [5, 5.41) is 7.59.